The van der Waals surface area contributed by atoms with Gasteiger partial charge in [-0.2, -0.15) is 0 Å². The molecular formula is C16H25NO. The van der Waals surface area contributed by atoms with E-state index < -0.39 is 0 Å². The minimum Gasteiger partial charge on any atom is -0.497 e. The normalized spacial score (nSPS) is 18.6. The van der Waals surface area contributed by atoms with E-state index >= 15 is 0 Å². The molecule has 2 heteroatoms. The Bertz CT molecular complexity index is 369. The number of hydrogen-bond donors (Lipinski definition) is 1. The van der Waals surface area contributed by atoms with Gasteiger partial charge in [-0.15, -0.1) is 0 Å². The SMILES string of the molecule is CCCNC1(c2cccc(OC)c2)CCCCC1. The maximum absolute atomic E-state index is 5.37. The van der Waals surface area contributed by atoms with Crippen LogP contribution < -0.4 is 10.1 Å². The molecule has 18 heavy (non-hydrogen) atoms. The molecule has 100 valence electrons. The molecule has 1 aromatic carbocycles. The Morgan fingerprint density at radius 1 is 1.22 bits per heavy atom. The quantitative estimate of drug-likeness (QED) is 0.853. The Morgan fingerprint density at radius 3 is 2.67 bits per heavy atom. The summed E-state index contributed by atoms with van der Waals surface area (Å²) in [4.78, 5) is 0. The van der Waals surface area contributed by atoms with E-state index in [2.05, 4.69) is 30.4 Å². The van der Waals surface area contributed by atoms with Crippen molar-refractivity contribution in [2.75, 3.05) is 13.7 Å². The summed E-state index contributed by atoms with van der Waals surface area (Å²) in [6.07, 6.45) is 7.72. The second kappa shape index (κ2) is 6.24. The lowest BCUT2D eigenvalue weighted by Gasteiger charge is -2.39. The van der Waals surface area contributed by atoms with E-state index in [0.29, 0.717) is 0 Å². The smallest absolute Gasteiger partial charge is 0.119 e. The van der Waals surface area contributed by atoms with Gasteiger partial charge in [0.1, 0.15) is 5.75 Å². The molecule has 0 spiro atoms. The second-order valence-electron chi connectivity index (χ2n) is 5.30. The number of ether oxygens (including phenoxy) is 1. The van der Waals surface area contributed by atoms with Crippen molar-refractivity contribution in [1.29, 1.82) is 0 Å². The van der Waals surface area contributed by atoms with Crippen LogP contribution in [0.2, 0.25) is 0 Å². The van der Waals surface area contributed by atoms with Crippen LogP contribution in [0.15, 0.2) is 24.3 Å². The standard InChI is InChI=1S/C16H25NO/c1-3-12-17-16(10-5-4-6-11-16)14-8-7-9-15(13-14)18-2/h7-9,13,17H,3-6,10-12H2,1-2H3. The molecule has 1 aromatic rings. The minimum absolute atomic E-state index is 0.183. The van der Waals surface area contributed by atoms with Crippen LogP contribution in [-0.2, 0) is 5.54 Å². The molecule has 2 nitrogen and oxygen atoms in total. The Morgan fingerprint density at radius 2 is 2.00 bits per heavy atom. The Balaban J connectivity index is 2.26. The average Bonchev–Trinajstić information content (AvgIpc) is 2.46. The summed E-state index contributed by atoms with van der Waals surface area (Å²) in [7, 11) is 1.74. The third kappa shape index (κ3) is 2.86. The summed E-state index contributed by atoms with van der Waals surface area (Å²) < 4.78 is 5.37. The topological polar surface area (TPSA) is 21.3 Å². The summed E-state index contributed by atoms with van der Waals surface area (Å²) >= 11 is 0. The number of methoxy groups -OCH3 is 1. The molecule has 0 bridgehead atoms. The van der Waals surface area contributed by atoms with Gasteiger partial charge in [0, 0.05) is 5.54 Å². The van der Waals surface area contributed by atoms with Crippen LogP contribution in [0, 0.1) is 0 Å². The Kier molecular flexibility index (Phi) is 4.65. The lowest BCUT2D eigenvalue weighted by atomic mass is 9.76. The van der Waals surface area contributed by atoms with Crippen LogP contribution >= 0.6 is 0 Å². The summed E-state index contributed by atoms with van der Waals surface area (Å²) in [6.45, 7) is 3.33. The first kappa shape index (κ1) is 13.4. The van der Waals surface area contributed by atoms with Crippen LogP contribution in [0.5, 0.6) is 5.75 Å². The third-order valence-electron chi connectivity index (χ3n) is 4.04. The van der Waals surface area contributed by atoms with Crippen molar-refractivity contribution < 1.29 is 4.74 Å². The molecular weight excluding hydrogens is 222 g/mol. The fraction of sp³-hybridized carbons (Fsp3) is 0.625. The zero-order valence-electron chi connectivity index (χ0n) is 11.7. The Labute approximate surface area is 111 Å². The molecule has 1 aliphatic carbocycles. The highest BCUT2D eigenvalue weighted by Gasteiger charge is 2.33. The van der Waals surface area contributed by atoms with Crippen molar-refractivity contribution in [3.8, 4) is 5.75 Å². The zero-order valence-corrected chi connectivity index (χ0v) is 11.7. The highest BCUT2D eigenvalue weighted by atomic mass is 16.5. The number of hydrogen-bond acceptors (Lipinski definition) is 2. The predicted octanol–water partition coefficient (Wildman–Crippen LogP) is 3.85. The van der Waals surface area contributed by atoms with Crippen molar-refractivity contribution in [1.82, 2.24) is 5.32 Å². The van der Waals surface area contributed by atoms with E-state index in [4.69, 9.17) is 4.74 Å². The molecule has 0 atom stereocenters. The highest BCUT2D eigenvalue weighted by Crippen LogP contribution is 2.38. The number of benzene rings is 1. The molecule has 1 N–H and O–H groups in total. The molecule has 1 aliphatic rings. The molecule has 0 radical (unpaired) electrons. The molecule has 0 heterocycles. The van der Waals surface area contributed by atoms with E-state index in [0.717, 1.165) is 12.3 Å². The van der Waals surface area contributed by atoms with Crippen molar-refractivity contribution in [2.45, 2.75) is 51.0 Å². The largest absolute Gasteiger partial charge is 0.497 e. The van der Waals surface area contributed by atoms with Gasteiger partial charge in [0.2, 0.25) is 0 Å². The fourth-order valence-electron chi connectivity index (χ4n) is 3.01. The summed E-state index contributed by atoms with van der Waals surface area (Å²) in [5.41, 5.74) is 1.58. The van der Waals surface area contributed by atoms with E-state index in [1.165, 1.54) is 44.1 Å². The van der Waals surface area contributed by atoms with Crippen molar-refractivity contribution in [3.05, 3.63) is 29.8 Å². The maximum atomic E-state index is 5.37. The second-order valence-corrected chi connectivity index (χ2v) is 5.30. The van der Waals surface area contributed by atoms with Crippen LogP contribution in [-0.4, -0.2) is 13.7 Å². The highest BCUT2D eigenvalue weighted by molar-refractivity contribution is 5.33. The predicted molar refractivity (Wildman–Crippen MR) is 76.1 cm³/mol. The molecule has 1 fully saturated rings. The number of rotatable bonds is 5. The average molecular weight is 247 g/mol. The van der Waals surface area contributed by atoms with E-state index in [1.54, 1.807) is 7.11 Å². The van der Waals surface area contributed by atoms with E-state index in [9.17, 15) is 0 Å². The van der Waals surface area contributed by atoms with Gasteiger partial charge < -0.3 is 10.1 Å². The van der Waals surface area contributed by atoms with Crippen molar-refractivity contribution >= 4 is 0 Å². The van der Waals surface area contributed by atoms with Gasteiger partial charge in [-0.25, -0.2) is 0 Å². The maximum Gasteiger partial charge on any atom is 0.119 e. The lowest BCUT2D eigenvalue weighted by molar-refractivity contribution is 0.233. The van der Waals surface area contributed by atoms with Crippen LogP contribution in [0.25, 0.3) is 0 Å². The molecule has 2 rings (SSSR count). The molecule has 1 saturated carbocycles. The third-order valence-corrected chi connectivity index (χ3v) is 4.04. The van der Waals surface area contributed by atoms with Gasteiger partial charge in [0.05, 0.1) is 7.11 Å². The van der Waals surface area contributed by atoms with Gasteiger partial charge in [0.15, 0.2) is 0 Å². The van der Waals surface area contributed by atoms with E-state index in [-0.39, 0.29) is 5.54 Å². The van der Waals surface area contributed by atoms with Gasteiger partial charge in [-0.3, -0.25) is 0 Å². The first-order chi connectivity index (χ1) is 8.80. The lowest BCUT2D eigenvalue weighted by Crippen LogP contribution is -2.44. The van der Waals surface area contributed by atoms with Crippen molar-refractivity contribution in [3.63, 3.8) is 0 Å². The fourth-order valence-corrected chi connectivity index (χ4v) is 3.01. The molecule has 0 amide bonds. The van der Waals surface area contributed by atoms with Gasteiger partial charge in [0.25, 0.3) is 0 Å². The first-order valence-electron chi connectivity index (χ1n) is 7.20. The Hall–Kier alpha value is -1.02. The monoisotopic (exact) mass is 247 g/mol. The van der Waals surface area contributed by atoms with Crippen LogP contribution in [0.4, 0.5) is 0 Å². The minimum atomic E-state index is 0.183. The summed E-state index contributed by atoms with van der Waals surface area (Å²) in [6, 6.07) is 8.59. The van der Waals surface area contributed by atoms with Crippen molar-refractivity contribution in [2.24, 2.45) is 0 Å². The van der Waals surface area contributed by atoms with E-state index in [1.807, 2.05) is 6.07 Å². The summed E-state index contributed by atoms with van der Waals surface area (Å²) in [5.74, 6) is 0.968. The summed E-state index contributed by atoms with van der Waals surface area (Å²) in [5, 5.41) is 3.80. The molecule has 0 aliphatic heterocycles. The molecule has 0 unspecified atom stereocenters. The number of nitrogens with one attached hydrogen (secondary N) is 1. The first-order valence-corrected chi connectivity index (χ1v) is 7.20. The van der Waals surface area contributed by atoms with Crippen LogP contribution in [0.1, 0.15) is 51.0 Å². The molecule has 0 aromatic heterocycles. The zero-order chi connectivity index (χ0) is 12.8. The van der Waals surface area contributed by atoms with Crippen LogP contribution in [0.3, 0.4) is 0 Å². The van der Waals surface area contributed by atoms with Gasteiger partial charge in [-0.1, -0.05) is 38.3 Å². The van der Waals surface area contributed by atoms with Gasteiger partial charge in [-0.05, 0) is 43.5 Å². The van der Waals surface area contributed by atoms with Gasteiger partial charge >= 0.3 is 0 Å². The molecule has 0 saturated heterocycles.